The molecule has 0 spiro atoms. The van der Waals surface area contributed by atoms with Crippen molar-refractivity contribution < 1.29 is 14.3 Å². The number of carbonyl (C=O) groups excluding carboxylic acids is 1. The van der Waals surface area contributed by atoms with Crippen LogP contribution in [0, 0.1) is 0 Å². The number of hydrogen-bond donors (Lipinski definition) is 1. The number of likely N-dealkylation sites (N-methyl/N-ethyl adjacent to an activating group) is 1. The average Bonchev–Trinajstić information content (AvgIpc) is 3.17. The van der Waals surface area contributed by atoms with Crippen molar-refractivity contribution in [1.29, 1.82) is 0 Å². The second-order valence-electron chi connectivity index (χ2n) is 6.92. The quantitative estimate of drug-likeness (QED) is 0.789. The first-order chi connectivity index (χ1) is 13.7. The Morgan fingerprint density at radius 2 is 1.79 bits per heavy atom. The van der Waals surface area contributed by atoms with E-state index in [9.17, 15) is 4.79 Å². The highest BCUT2D eigenvalue weighted by atomic mass is 16.5. The highest BCUT2D eigenvalue weighted by Gasteiger charge is 2.30. The molecule has 0 aromatic heterocycles. The Bertz CT molecular complexity index is 760. The van der Waals surface area contributed by atoms with Crippen LogP contribution in [0.1, 0.15) is 18.9 Å². The summed E-state index contributed by atoms with van der Waals surface area (Å²) in [5, 5.41) is 2.99. The Labute approximate surface area is 167 Å². The number of ether oxygens (including phenoxy) is 2. The smallest absolute Gasteiger partial charge is 0.322 e. The van der Waals surface area contributed by atoms with Crippen LogP contribution in [0.4, 0.5) is 10.5 Å². The summed E-state index contributed by atoms with van der Waals surface area (Å²) in [4.78, 5) is 17.3. The van der Waals surface area contributed by atoms with Gasteiger partial charge < -0.3 is 19.7 Å². The van der Waals surface area contributed by atoms with Gasteiger partial charge in [0.15, 0.2) is 0 Å². The second kappa shape index (κ2) is 9.46. The Morgan fingerprint density at radius 3 is 2.39 bits per heavy atom. The molecule has 0 saturated carbocycles. The van der Waals surface area contributed by atoms with Crippen molar-refractivity contribution in [2.45, 2.75) is 25.9 Å². The largest absolute Gasteiger partial charge is 0.494 e. The number of methoxy groups -OCH3 is 2. The Balaban J connectivity index is 1.66. The van der Waals surface area contributed by atoms with E-state index in [-0.39, 0.29) is 12.1 Å². The molecule has 0 bridgehead atoms. The molecule has 1 aliphatic heterocycles. The van der Waals surface area contributed by atoms with Crippen LogP contribution in [0.25, 0.3) is 0 Å². The van der Waals surface area contributed by atoms with Crippen LogP contribution in [0.2, 0.25) is 0 Å². The molecule has 0 radical (unpaired) electrons. The lowest BCUT2D eigenvalue weighted by Crippen LogP contribution is -2.44. The summed E-state index contributed by atoms with van der Waals surface area (Å²) < 4.78 is 10.8. The summed E-state index contributed by atoms with van der Waals surface area (Å²) >= 11 is 0. The van der Waals surface area contributed by atoms with Crippen LogP contribution in [0.3, 0.4) is 0 Å². The number of urea groups is 1. The summed E-state index contributed by atoms with van der Waals surface area (Å²) in [6.07, 6.45) is 0.969. The Kier molecular flexibility index (Phi) is 6.76. The number of hydrogen-bond acceptors (Lipinski definition) is 4. The van der Waals surface area contributed by atoms with Gasteiger partial charge >= 0.3 is 6.03 Å². The van der Waals surface area contributed by atoms with Gasteiger partial charge in [-0.3, -0.25) is 4.90 Å². The van der Waals surface area contributed by atoms with Gasteiger partial charge in [0.1, 0.15) is 17.2 Å². The summed E-state index contributed by atoms with van der Waals surface area (Å²) in [6, 6.07) is 16.0. The summed E-state index contributed by atoms with van der Waals surface area (Å²) in [6.45, 7) is 5.43. The van der Waals surface area contributed by atoms with E-state index in [1.165, 1.54) is 5.56 Å². The summed E-state index contributed by atoms with van der Waals surface area (Å²) in [7, 11) is 3.17. The van der Waals surface area contributed by atoms with Gasteiger partial charge in [0.25, 0.3) is 0 Å². The maximum atomic E-state index is 13.0. The number of rotatable bonds is 7. The monoisotopic (exact) mass is 383 g/mol. The predicted molar refractivity (Wildman–Crippen MR) is 111 cm³/mol. The number of benzene rings is 2. The molecule has 2 aromatic rings. The van der Waals surface area contributed by atoms with Gasteiger partial charge in [-0.05, 0) is 31.0 Å². The minimum absolute atomic E-state index is 0.128. The number of anilines is 1. The third-order valence-corrected chi connectivity index (χ3v) is 5.20. The van der Waals surface area contributed by atoms with Gasteiger partial charge in [-0.1, -0.05) is 36.4 Å². The van der Waals surface area contributed by atoms with Gasteiger partial charge in [0.05, 0.1) is 14.2 Å². The fourth-order valence-electron chi connectivity index (χ4n) is 3.77. The molecule has 1 N–H and O–H groups in total. The topological polar surface area (TPSA) is 54.0 Å². The summed E-state index contributed by atoms with van der Waals surface area (Å²) in [5.41, 5.74) is 1.87. The molecule has 0 aliphatic carbocycles. The number of nitrogens with zero attached hydrogens (tertiary/aromatic N) is 2. The lowest BCUT2D eigenvalue weighted by atomic mass is 10.2. The van der Waals surface area contributed by atoms with Crippen molar-refractivity contribution in [3.8, 4) is 11.5 Å². The van der Waals surface area contributed by atoms with E-state index in [2.05, 4.69) is 34.5 Å². The van der Waals surface area contributed by atoms with E-state index in [0.29, 0.717) is 23.7 Å². The van der Waals surface area contributed by atoms with Crippen molar-refractivity contribution in [2.24, 2.45) is 0 Å². The molecule has 6 nitrogen and oxygen atoms in total. The van der Waals surface area contributed by atoms with Crippen molar-refractivity contribution in [3.63, 3.8) is 0 Å². The molecule has 28 heavy (non-hydrogen) atoms. The maximum absolute atomic E-state index is 13.0. The molecule has 150 valence electrons. The van der Waals surface area contributed by atoms with Crippen LogP contribution in [-0.4, -0.2) is 55.7 Å². The number of carbonyl (C=O) groups is 1. The fraction of sp³-hybridized carbons (Fsp3) is 0.409. The molecule has 6 heteroatoms. The highest BCUT2D eigenvalue weighted by molar-refractivity contribution is 5.93. The van der Waals surface area contributed by atoms with E-state index in [0.717, 1.165) is 26.1 Å². The molecule has 1 aliphatic rings. The van der Waals surface area contributed by atoms with Gasteiger partial charge in [-0.2, -0.15) is 0 Å². The number of amides is 2. The van der Waals surface area contributed by atoms with Crippen molar-refractivity contribution in [1.82, 2.24) is 9.80 Å². The molecule has 1 saturated heterocycles. The summed E-state index contributed by atoms with van der Waals surface area (Å²) in [5.74, 6) is 1.17. The van der Waals surface area contributed by atoms with Crippen LogP contribution in [-0.2, 0) is 6.54 Å². The molecule has 2 aromatic carbocycles. The second-order valence-corrected chi connectivity index (χ2v) is 6.92. The van der Waals surface area contributed by atoms with Crippen LogP contribution < -0.4 is 14.8 Å². The number of likely N-dealkylation sites (tertiary alicyclic amines) is 1. The SMILES string of the molecule is CCN(C(=O)Nc1c(OC)cccc1OC)C1CCN(Cc2ccccc2)C1. The molecule has 1 atom stereocenters. The zero-order chi connectivity index (χ0) is 19.9. The van der Waals surface area contributed by atoms with E-state index in [4.69, 9.17) is 9.47 Å². The lowest BCUT2D eigenvalue weighted by molar-refractivity contribution is 0.189. The first kappa shape index (κ1) is 20.0. The minimum atomic E-state index is -0.128. The molecule has 1 fully saturated rings. The molecule has 1 unspecified atom stereocenters. The van der Waals surface area contributed by atoms with Crippen molar-refractivity contribution in [2.75, 3.05) is 39.2 Å². The number of para-hydroxylation sites is 1. The van der Waals surface area contributed by atoms with Crippen LogP contribution >= 0.6 is 0 Å². The first-order valence-electron chi connectivity index (χ1n) is 9.71. The maximum Gasteiger partial charge on any atom is 0.322 e. The standard InChI is InChI=1S/C22H29N3O3/c1-4-25(18-13-14-24(16-18)15-17-9-6-5-7-10-17)22(26)23-21-19(27-2)11-8-12-20(21)28-3/h5-12,18H,4,13-16H2,1-3H3,(H,23,26). The van der Waals surface area contributed by atoms with E-state index in [1.54, 1.807) is 14.2 Å². The molecular formula is C22H29N3O3. The van der Waals surface area contributed by atoms with Gasteiger partial charge in [-0.15, -0.1) is 0 Å². The van der Waals surface area contributed by atoms with E-state index >= 15 is 0 Å². The van der Waals surface area contributed by atoms with Gasteiger partial charge in [0, 0.05) is 32.2 Å². The highest BCUT2D eigenvalue weighted by Crippen LogP contribution is 2.34. The lowest BCUT2D eigenvalue weighted by Gasteiger charge is -2.29. The molecular weight excluding hydrogens is 354 g/mol. The fourth-order valence-corrected chi connectivity index (χ4v) is 3.77. The number of nitrogens with one attached hydrogen (secondary N) is 1. The van der Waals surface area contributed by atoms with Crippen molar-refractivity contribution >= 4 is 11.7 Å². The Hall–Kier alpha value is -2.73. The van der Waals surface area contributed by atoms with Crippen LogP contribution in [0.15, 0.2) is 48.5 Å². The third kappa shape index (κ3) is 4.57. The molecule has 2 amide bonds. The van der Waals surface area contributed by atoms with Crippen LogP contribution in [0.5, 0.6) is 11.5 Å². The van der Waals surface area contributed by atoms with E-state index < -0.39 is 0 Å². The molecule has 1 heterocycles. The zero-order valence-corrected chi connectivity index (χ0v) is 16.9. The minimum Gasteiger partial charge on any atom is -0.494 e. The third-order valence-electron chi connectivity index (χ3n) is 5.20. The normalized spacial score (nSPS) is 16.6. The average molecular weight is 383 g/mol. The molecule has 3 rings (SSSR count). The van der Waals surface area contributed by atoms with E-state index in [1.807, 2.05) is 36.1 Å². The first-order valence-corrected chi connectivity index (χ1v) is 9.71. The van der Waals surface area contributed by atoms with Gasteiger partial charge in [-0.25, -0.2) is 4.79 Å². The Morgan fingerprint density at radius 1 is 1.11 bits per heavy atom. The van der Waals surface area contributed by atoms with Crippen molar-refractivity contribution in [3.05, 3.63) is 54.1 Å². The zero-order valence-electron chi connectivity index (χ0n) is 16.9. The van der Waals surface area contributed by atoms with Gasteiger partial charge in [0.2, 0.25) is 0 Å². The predicted octanol–water partition coefficient (Wildman–Crippen LogP) is 3.83.